The zero-order chi connectivity index (χ0) is 15.7. The monoisotopic (exact) mass is 299 g/mol. The largest absolute Gasteiger partial charge is 0.493 e. The molecule has 112 valence electrons. The van der Waals surface area contributed by atoms with Crippen LogP contribution in [0.5, 0.6) is 11.5 Å². The Labute approximate surface area is 125 Å². The lowest BCUT2D eigenvalue weighted by Crippen LogP contribution is -1.89. The summed E-state index contributed by atoms with van der Waals surface area (Å²) in [6.45, 7) is 0. The van der Waals surface area contributed by atoms with Gasteiger partial charge in [0.2, 0.25) is 0 Å². The van der Waals surface area contributed by atoms with Crippen molar-refractivity contribution in [3.8, 4) is 22.9 Å². The molecule has 22 heavy (non-hydrogen) atoms. The van der Waals surface area contributed by atoms with Gasteiger partial charge in [0.05, 0.1) is 30.2 Å². The minimum absolute atomic E-state index is 0.0446. The van der Waals surface area contributed by atoms with E-state index in [2.05, 4.69) is 9.97 Å². The van der Waals surface area contributed by atoms with Gasteiger partial charge < -0.3 is 14.5 Å². The lowest BCUT2D eigenvalue weighted by Gasteiger charge is -2.06. The smallest absolute Gasteiger partial charge is 0.269 e. The summed E-state index contributed by atoms with van der Waals surface area (Å²) in [5, 5.41) is 10.7. The molecule has 0 atom stereocenters. The summed E-state index contributed by atoms with van der Waals surface area (Å²) in [6, 6.07) is 9.79. The van der Waals surface area contributed by atoms with E-state index in [1.54, 1.807) is 38.5 Å². The Hall–Kier alpha value is -3.09. The highest BCUT2D eigenvalue weighted by atomic mass is 16.6. The van der Waals surface area contributed by atoms with Crippen LogP contribution in [0.25, 0.3) is 22.4 Å². The van der Waals surface area contributed by atoms with Gasteiger partial charge in [0.1, 0.15) is 5.82 Å². The number of nitro benzene ring substituents is 1. The number of hydrogen-bond acceptors (Lipinski definition) is 5. The molecule has 0 aliphatic carbocycles. The number of nitro groups is 1. The number of H-pyrrole nitrogens is 1. The van der Waals surface area contributed by atoms with Gasteiger partial charge in [0, 0.05) is 29.8 Å². The number of aromatic amines is 1. The zero-order valence-corrected chi connectivity index (χ0v) is 12.0. The van der Waals surface area contributed by atoms with E-state index < -0.39 is 4.92 Å². The van der Waals surface area contributed by atoms with E-state index in [1.807, 2.05) is 0 Å². The van der Waals surface area contributed by atoms with E-state index in [0.29, 0.717) is 17.3 Å². The predicted octanol–water partition coefficient (Wildman–Crippen LogP) is 3.16. The molecule has 0 aliphatic rings. The number of ether oxygens (including phenoxy) is 2. The molecule has 0 fully saturated rings. The van der Waals surface area contributed by atoms with Crippen molar-refractivity contribution in [2.45, 2.75) is 0 Å². The van der Waals surface area contributed by atoms with Crippen LogP contribution in [0, 0.1) is 10.1 Å². The molecule has 2 aromatic carbocycles. The third-order valence-electron chi connectivity index (χ3n) is 3.34. The van der Waals surface area contributed by atoms with E-state index in [-0.39, 0.29) is 5.69 Å². The van der Waals surface area contributed by atoms with Gasteiger partial charge in [-0.3, -0.25) is 10.1 Å². The number of nitrogens with zero attached hydrogens (tertiary/aromatic N) is 2. The van der Waals surface area contributed by atoms with Crippen molar-refractivity contribution in [2.75, 3.05) is 14.2 Å². The molecule has 0 saturated heterocycles. The van der Waals surface area contributed by atoms with Crippen LogP contribution in [0.4, 0.5) is 5.69 Å². The van der Waals surface area contributed by atoms with Crippen LogP contribution < -0.4 is 9.47 Å². The standard InChI is InChI=1S/C15H13N3O4/c1-21-13-7-11-12(8-14(13)22-2)17-15(16-11)9-3-5-10(6-4-9)18(19)20/h3-8H,1-2H3,(H,16,17). The first-order valence-corrected chi connectivity index (χ1v) is 6.49. The minimum Gasteiger partial charge on any atom is -0.493 e. The quantitative estimate of drug-likeness (QED) is 0.590. The summed E-state index contributed by atoms with van der Waals surface area (Å²) >= 11 is 0. The van der Waals surface area contributed by atoms with Crippen LogP contribution in [0.1, 0.15) is 0 Å². The summed E-state index contributed by atoms with van der Waals surface area (Å²) in [5.41, 5.74) is 2.33. The van der Waals surface area contributed by atoms with Crippen molar-refractivity contribution in [3.63, 3.8) is 0 Å². The number of benzene rings is 2. The average Bonchev–Trinajstić information content (AvgIpc) is 2.96. The van der Waals surface area contributed by atoms with Gasteiger partial charge >= 0.3 is 0 Å². The molecule has 3 aromatic rings. The number of hydrogen-bond donors (Lipinski definition) is 1. The Balaban J connectivity index is 2.06. The summed E-state index contributed by atoms with van der Waals surface area (Å²) < 4.78 is 10.5. The molecule has 0 amide bonds. The molecule has 3 rings (SSSR count). The second-order valence-corrected chi connectivity index (χ2v) is 4.61. The van der Waals surface area contributed by atoms with E-state index in [4.69, 9.17) is 9.47 Å². The second-order valence-electron chi connectivity index (χ2n) is 4.61. The highest BCUT2D eigenvalue weighted by molar-refractivity contribution is 5.83. The number of nitrogens with one attached hydrogen (secondary N) is 1. The number of methoxy groups -OCH3 is 2. The second kappa shape index (κ2) is 5.36. The van der Waals surface area contributed by atoms with Crippen LogP contribution in [0.15, 0.2) is 36.4 Å². The van der Waals surface area contributed by atoms with Gasteiger partial charge in [-0.05, 0) is 12.1 Å². The van der Waals surface area contributed by atoms with Crippen molar-refractivity contribution in [3.05, 3.63) is 46.5 Å². The SMILES string of the molecule is COc1cc2nc(-c3ccc([N+](=O)[O-])cc3)[nH]c2cc1OC. The van der Waals surface area contributed by atoms with Gasteiger partial charge in [-0.1, -0.05) is 0 Å². The number of rotatable bonds is 4. The fraction of sp³-hybridized carbons (Fsp3) is 0.133. The van der Waals surface area contributed by atoms with Crippen LogP contribution in [0.2, 0.25) is 0 Å². The van der Waals surface area contributed by atoms with Crippen molar-refractivity contribution >= 4 is 16.7 Å². The molecule has 1 N–H and O–H groups in total. The molecule has 1 aromatic heterocycles. The molecule has 7 nitrogen and oxygen atoms in total. The summed E-state index contributed by atoms with van der Waals surface area (Å²) in [7, 11) is 3.13. The molecular formula is C15H13N3O4. The molecule has 0 radical (unpaired) electrons. The zero-order valence-electron chi connectivity index (χ0n) is 12.0. The topological polar surface area (TPSA) is 90.3 Å². The lowest BCUT2D eigenvalue weighted by atomic mass is 10.2. The average molecular weight is 299 g/mol. The van der Waals surface area contributed by atoms with Crippen LogP contribution >= 0.6 is 0 Å². The molecule has 7 heteroatoms. The maximum absolute atomic E-state index is 10.7. The highest BCUT2D eigenvalue weighted by Crippen LogP contribution is 2.32. The lowest BCUT2D eigenvalue weighted by molar-refractivity contribution is -0.384. The summed E-state index contributed by atoms with van der Waals surface area (Å²) in [6.07, 6.45) is 0. The van der Waals surface area contributed by atoms with Gasteiger partial charge in [-0.15, -0.1) is 0 Å². The highest BCUT2D eigenvalue weighted by Gasteiger charge is 2.12. The Bertz CT molecular complexity index is 799. The Morgan fingerprint density at radius 1 is 1.09 bits per heavy atom. The number of aromatic nitrogens is 2. The molecule has 1 heterocycles. The van der Waals surface area contributed by atoms with Gasteiger partial charge in [-0.2, -0.15) is 0 Å². The van der Waals surface area contributed by atoms with E-state index in [1.165, 1.54) is 12.1 Å². The maximum Gasteiger partial charge on any atom is 0.269 e. The molecule has 0 unspecified atom stereocenters. The molecular weight excluding hydrogens is 286 g/mol. The fourth-order valence-electron chi connectivity index (χ4n) is 2.21. The number of imidazole rings is 1. The Morgan fingerprint density at radius 3 is 2.32 bits per heavy atom. The van der Waals surface area contributed by atoms with E-state index >= 15 is 0 Å². The van der Waals surface area contributed by atoms with Crippen molar-refractivity contribution in [2.24, 2.45) is 0 Å². The predicted molar refractivity (Wildman–Crippen MR) is 81.3 cm³/mol. The number of fused-ring (bicyclic) bond motifs is 1. The molecule has 0 spiro atoms. The normalized spacial score (nSPS) is 10.6. The van der Waals surface area contributed by atoms with Crippen molar-refractivity contribution < 1.29 is 14.4 Å². The Kier molecular flexibility index (Phi) is 3.38. The first kappa shape index (κ1) is 13.9. The van der Waals surface area contributed by atoms with Crippen LogP contribution in [-0.2, 0) is 0 Å². The van der Waals surface area contributed by atoms with Gasteiger partial charge in [0.25, 0.3) is 5.69 Å². The first-order valence-electron chi connectivity index (χ1n) is 6.49. The van der Waals surface area contributed by atoms with E-state index in [0.717, 1.165) is 16.6 Å². The van der Waals surface area contributed by atoms with E-state index in [9.17, 15) is 10.1 Å². The van der Waals surface area contributed by atoms with Crippen LogP contribution in [0.3, 0.4) is 0 Å². The third kappa shape index (κ3) is 2.32. The van der Waals surface area contributed by atoms with Crippen molar-refractivity contribution in [1.29, 1.82) is 0 Å². The first-order chi connectivity index (χ1) is 10.6. The van der Waals surface area contributed by atoms with Gasteiger partial charge in [0.15, 0.2) is 11.5 Å². The number of non-ortho nitro benzene ring substituents is 1. The third-order valence-corrected chi connectivity index (χ3v) is 3.34. The maximum atomic E-state index is 10.7. The molecule has 0 aliphatic heterocycles. The summed E-state index contributed by atoms with van der Waals surface area (Å²) in [5.74, 6) is 1.82. The minimum atomic E-state index is -0.432. The fourth-order valence-corrected chi connectivity index (χ4v) is 2.21. The van der Waals surface area contributed by atoms with Crippen LogP contribution in [-0.4, -0.2) is 29.1 Å². The molecule has 0 saturated carbocycles. The van der Waals surface area contributed by atoms with Gasteiger partial charge in [-0.25, -0.2) is 4.98 Å². The molecule has 0 bridgehead atoms. The van der Waals surface area contributed by atoms with Crippen molar-refractivity contribution in [1.82, 2.24) is 9.97 Å². The Morgan fingerprint density at radius 2 is 1.73 bits per heavy atom. The summed E-state index contributed by atoms with van der Waals surface area (Å²) in [4.78, 5) is 17.9.